The lowest BCUT2D eigenvalue weighted by molar-refractivity contribution is 0.0953. The highest BCUT2D eigenvalue weighted by atomic mass is 16.2. The average molecular weight is 275 g/mol. The Bertz CT molecular complexity index is 467. The smallest absolute Gasteiger partial charge is 0.319 e. The van der Waals surface area contributed by atoms with Crippen molar-refractivity contribution in [3.63, 3.8) is 0 Å². The second-order valence-electron chi connectivity index (χ2n) is 5.06. The van der Waals surface area contributed by atoms with Crippen LogP contribution in [0.2, 0.25) is 0 Å². The Morgan fingerprint density at radius 3 is 2.50 bits per heavy atom. The largest absolute Gasteiger partial charge is 0.352 e. The summed E-state index contributed by atoms with van der Waals surface area (Å²) in [5.41, 5.74) is 1.29. The van der Waals surface area contributed by atoms with Crippen molar-refractivity contribution in [2.24, 2.45) is 0 Å². The van der Waals surface area contributed by atoms with Crippen LogP contribution in [0.1, 0.15) is 43.0 Å². The number of hydrogen-bond acceptors (Lipinski definition) is 2. The first-order chi connectivity index (χ1) is 9.69. The van der Waals surface area contributed by atoms with E-state index in [0.717, 1.165) is 25.7 Å². The van der Waals surface area contributed by atoms with Crippen molar-refractivity contribution in [1.82, 2.24) is 10.6 Å². The number of benzene rings is 1. The van der Waals surface area contributed by atoms with Gasteiger partial charge in [0.2, 0.25) is 0 Å². The van der Waals surface area contributed by atoms with Gasteiger partial charge in [0.25, 0.3) is 5.91 Å². The van der Waals surface area contributed by atoms with Crippen LogP contribution in [0.4, 0.5) is 10.5 Å². The number of nitrogens with one attached hydrogen (secondary N) is 3. The van der Waals surface area contributed by atoms with Gasteiger partial charge in [-0.3, -0.25) is 4.79 Å². The highest BCUT2D eigenvalue weighted by Crippen LogP contribution is 2.18. The van der Waals surface area contributed by atoms with E-state index >= 15 is 0 Å². The second-order valence-corrected chi connectivity index (χ2v) is 5.06. The minimum atomic E-state index is -0.187. The molecule has 0 spiro atoms. The maximum Gasteiger partial charge on any atom is 0.319 e. The van der Waals surface area contributed by atoms with Crippen molar-refractivity contribution in [2.75, 3.05) is 11.9 Å². The third-order valence-corrected chi connectivity index (χ3v) is 3.13. The van der Waals surface area contributed by atoms with Gasteiger partial charge in [-0.2, -0.15) is 0 Å². The molecule has 0 atom stereocenters. The van der Waals surface area contributed by atoms with Gasteiger partial charge in [0.1, 0.15) is 0 Å². The highest BCUT2D eigenvalue weighted by molar-refractivity contribution is 5.95. The van der Waals surface area contributed by atoms with Crippen LogP contribution in [0, 0.1) is 0 Å². The van der Waals surface area contributed by atoms with E-state index in [1.807, 2.05) is 0 Å². The minimum absolute atomic E-state index is 0.0765. The molecule has 1 aromatic carbocycles. The zero-order chi connectivity index (χ0) is 14.4. The van der Waals surface area contributed by atoms with Crippen molar-refractivity contribution in [2.45, 2.75) is 38.6 Å². The molecule has 3 N–H and O–H groups in total. The van der Waals surface area contributed by atoms with Crippen LogP contribution in [0.5, 0.6) is 0 Å². The molecule has 0 radical (unpaired) electrons. The number of carbonyl (C=O) groups excluding carboxylic acids is 2. The van der Waals surface area contributed by atoms with E-state index < -0.39 is 0 Å². The molecule has 5 nitrogen and oxygen atoms in total. The van der Waals surface area contributed by atoms with E-state index in [0.29, 0.717) is 23.8 Å². The van der Waals surface area contributed by atoms with Gasteiger partial charge in [0.05, 0.1) is 0 Å². The number of rotatable bonds is 6. The Morgan fingerprint density at radius 1 is 1.20 bits per heavy atom. The van der Waals surface area contributed by atoms with E-state index in [9.17, 15) is 9.59 Å². The van der Waals surface area contributed by atoms with Crippen molar-refractivity contribution < 1.29 is 9.59 Å². The summed E-state index contributed by atoms with van der Waals surface area (Å²) in [6.45, 7) is 2.78. The van der Waals surface area contributed by atoms with Crippen LogP contribution in [0.15, 0.2) is 24.3 Å². The Kier molecular flexibility index (Phi) is 4.98. The summed E-state index contributed by atoms with van der Waals surface area (Å²) in [6, 6.07) is 7.05. The van der Waals surface area contributed by atoms with Crippen LogP contribution in [0.25, 0.3) is 0 Å². The van der Waals surface area contributed by atoms with Gasteiger partial charge in [-0.15, -0.1) is 0 Å². The summed E-state index contributed by atoms with van der Waals surface area (Å²) < 4.78 is 0. The molecule has 20 heavy (non-hydrogen) atoms. The quantitative estimate of drug-likeness (QED) is 0.698. The topological polar surface area (TPSA) is 70.2 Å². The third-order valence-electron chi connectivity index (χ3n) is 3.13. The standard InChI is InChI=1S/C15H21N3O2/c1-2-3-10-16-14(19)11-4-6-12(7-5-11)17-15(20)18-13-8-9-13/h4-7,13H,2-3,8-10H2,1H3,(H,16,19)(H2,17,18,20). The average Bonchev–Trinajstić information content (AvgIpc) is 3.23. The maximum atomic E-state index is 11.8. The first-order valence-electron chi connectivity index (χ1n) is 7.15. The van der Waals surface area contributed by atoms with Crippen LogP contribution in [0.3, 0.4) is 0 Å². The summed E-state index contributed by atoms with van der Waals surface area (Å²) in [6.07, 6.45) is 4.15. The minimum Gasteiger partial charge on any atom is -0.352 e. The number of hydrogen-bond donors (Lipinski definition) is 3. The van der Waals surface area contributed by atoms with Crippen molar-refractivity contribution in [3.05, 3.63) is 29.8 Å². The van der Waals surface area contributed by atoms with E-state index in [2.05, 4.69) is 22.9 Å². The number of anilines is 1. The molecule has 1 aromatic rings. The molecule has 0 unspecified atom stereocenters. The number of amides is 3. The molecule has 0 saturated heterocycles. The number of unbranched alkanes of at least 4 members (excludes halogenated alkanes) is 1. The summed E-state index contributed by atoms with van der Waals surface area (Å²) in [5.74, 6) is -0.0765. The zero-order valence-electron chi connectivity index (χ0n) is 11.7. The fourth-order valence-electron chi connectivity index (χ4n) is 1.77. The lowest BCUT2D eigenvalue weighted by atomic mass is 10.2. The lowest BCUT2D eigenvalue weighted by Crippen LogP contribution is -2.30. The molecule has 1 saturated carbocycles. The van der Waals surface area contributed by atoms with E-state index in [1.165, 1.54) is 0 Å². The molecule has 1 aliphatic rings. The first-order valence-corrected chi connectivity index (χ1v) is 7.15. The lowest BCUT2D eigenvalue weighted by Gasteiger charge is -2.08. The van der Waals surface area contributed by atoms with E-state index in [4.69, 9.17) is 0 Å². The molecule has 1 fully saturated rings. The highest BCUT2D eigenvalue weighted by Gasteiger charge is 2.23. The van der Waals surface area contributed by atoms with Gasteiger partial charge in [-0.1, -0.05) is 13.3 Å². The number of urea groups is 1. The fourth-order valence-corrected chi connectivity index (χ4v) is 1.77. The van der Waals surface area contributed by atoms with Gasteiger partial charge in [-0.25, -0.2) is 4.79 Å². The molecule has 108 valence electrons. The van der Waals surface area contributed by atoms with Gasteiger partial charge >= 0.3 is 6.03 Å². The SMILES string of the molecule is CCCCNC(=O)c1ccc(NC(=O)NC2CC2)cc1. The van der Waals surface area contributed by atoms with Gasteiger partial charge < -0.3 is 16.0 Å². The van der Waals surface area contributed by atoms with Crippen LogP contribution in [-0.2, 0) is 0 Å². The molecule has 0 aromatic heterocycles. The summed E-state index contributed by atoms with van der Waals surface area (Å²) >= 11 is 0. The molecule has 0 heterocycles. The van der Waals surface area contributed by atoms with Crippen molar-refractivity contribution in [1.29, 1.82) is 0 Å². The molecule has 0 aliphatic heterocycles. The van der Waals surface area contributed by atoms with Crippen LogP contribution < -0.4 is 16.0 Å². The molecule has 1 aliphatic carbocycles. The van der Waals surface area contributed by atoms with Gasteiger partial charge in [0, 0.05) is 23.8 Å². The normalized spacial score (nSPS) is 13.7. The Morgan fingerprint density at radius 2 is 1.90 bits per heavy atom. The summed E-state index contributed by atoms with van der Waals surface area (Å²) in [7, 11) is 0. The second kappa shape index (κ2) is 6.93. The zero-order valence-corrected chi connectivity index (χ0v) is 11.7. The van der Waals surface area contributed by atoms with Crippen LogP contribution in [-0.4, -0.2) is 24.5 Å². The predicted octanol–water partition coefficient (Wildman–Crippen LogP) is 2.50. The van der Waals surface area contributed by atoms with Crippen LogP contribution >= 0.6 is 0 Å². The Labute approximate surface area is 119 Å². The first kappa shape index (κ1) is 14.4. The molecular formula is C15H21N3O2. The Balaban J connectivity index is 1.82. The monoisotopic (exact) mass is 275 g/mol. The van der Waals surface area contributed by atoms with Gasteiger partial charge in [0.15, 0.2) is 0 Å². The predicted molar refractivity (Wildman–Crippen MR) is 78.9 cm³/mol. The number of carbonyl (C=O) groups is 2. The van der Waals surface area contributed by atoms with Crippen molar-refractivity contribution >= 4 is 17.6 Å². The molecular weight excluding hydrogens is 254 g/mol. The molecule has 5 heteroatoms. The molecule has 2 rings (SSSR count). The van der Waals surface area contributed by atoms with E-state index in [-0.39, 0.29) is 11.9 Å². The maximum absolute atomic E-state index is 11.8. The van der Waals surface area contributed by atoms with Gasteiger partial charge in [-0.05, 0) is 43.5 Å². The Hall–Kier alpha value is -2.04. The summed E-state index contributed by atoms with van der Waals surface area (Å²) in [4.78, 5) is 23.4. The third kappa shape index (κ3) is 4.57. The summed E-state index contributed by atoms with van der Waals surface area (Å²) in [5, 5.41) is 8.45. The van der Waals surface area contributed by atoms with E-state index in [1.54, 1.807) is 24.3 Å². The molecule has 3 amide bonds. The van der Waals surface area contributed by atoms with Crippen molar-refractivity contribution in [3.8, 4) is 0 Å². The molecule has 0 bridgehead atoms. The fraction of sp³-hybridized carbons (Fsp3) is 0.467.